The van der Waals surface area contributed by atoms with E-state index in [2.05, 4.69) is 0 Å². The molecule has 0 radical (unpaired) electrons. The van der Waals surface area contributed by atoms with Crippen molar-refractivity contribution in [1.82, 2.24) is 0 Å². The molecule has 0 saturated carbocycles. The predicted octanol–water partition coefficient (Wildman–Crippen LogP) is 5.27. The number of nitro benzene ring substituents is 1. The van der Waals surface area contributed by atoms with Crippen LogP contribution < -0.4 is 14.2 Å². The first-order valence-electron chi connectivity index (χ1n) is 10.9. The van der Waals surface area contributed by atoms with Crippen LogP contribution in [0.25, 0.3) is 0 Å². The summed E-state index contributed by atoms with van der Waals surface area (Å²) in [5.41, 5.74) is 1.58. The van der Waals surface area contributed by atoms with E-state index in [1.807, 2.05) is 27.7 Å². The van der Waals surface area contributed by atoms with E-state index in [0.717, 1.165) is 11.1 Å². The standard InChI is InChI=1S/C25H29NO7/c1-14(2)11-25(13-31-20-9-7-19(8-10-20)26(29)30)12-21(28)22-17(5)23(32-18(6)27)15(3)16(4)24(22)33-25/h7-10,14H,11-13H2,1-6H3. The van der Waals surface area contributed by atoms with Crippen LogP contribution >= 0.6 is 0 Å². The molecule has 8 heteroatoms. The van der Waals surface area contributed by atoms with Gasteiger partial charge in [0.2, 0.25) is 0 Å². The number of ether oxygens (including phenoxy) is 3. The van der Waals surface area contributed by atoms with E-state index in [9.17, 15) is 19.7 Å². The molecule has 8 nitrogen and oxygen atoms in total. The molecule has 2 aromatic carbocycles. The highest BCUT2D eigenvalue weighted by atomic mass is 16.6. The number of non-ortho nitro benzene ring substituents is 1. The Labute approximate surface area is 193 Å². The lowest BCUT2D eigenvalue weighted by atomic mass is 9.81. The van der Waals surface area contributed by atoms with Crippen LogP contribution in [0.3, 0.4) is 0 Å². The lowest BCUT2D eigenvalue weighted by Gasteiger charge is -2.40. The van der Waals surface area contributed by atoms with Crippen molar-refractivity contribution in [3.8, 4) is 17.2 Å². The number of rotatable bonds is 7. The van der Waals surface area contributed by atoms with Crippen molar-refractivity contribution >= 4 is 17.4 Å². The van der Waals surface area contributed by atoms with Crippen LogP contribution in [0.4, 0.5) is 5.69 Å². The molecule has 1 heterocycles. The largest absolute Gasteiger partial charge is 0.489 e. The van der Waals surface area contributed by atoms with Crippen molar-refractivity contribution in [3.05, 3.63) is 56.6 Å². The molecule has 1 aliphatic heterocycles. The van der Waals surface area contributed by atoms with E-state index in [-0.39, 0.29) is 30.4 Å². The minimum Gasteiger partial charge on any atom is -0.489 e. The maximum absolute atomic E-state index is 13.4. The van der Waals surface area contributed by atoms with E-state index in [1.165, 1.54) is 31.2 Å². The fourth-order valence-corrected chi connectivity index (χ4v) is 4.36. The Morgan fingerprint density at radius 2 is 1.79 bits per heavy atom. The highest BCUT2D eigenvalue weighted by Crippen LogP contribution is 2.45. The summed E-state index contributed by atoms with van der Waals surface area (Å²) in [6, 6.07) is 5.82. The molecule has 0 N–H and O–H groups in total. The second-order valence-electron chi connectivity index (χ2n) is 9.02. The van der Waals surface area contributed by atoms with Gasteiger partial charge in [-0.3, -0.25) is 19.7 Å². The highest BCUT2D eigenvalue weighted by molar-refractivity contribution is 6.03. The fraction of sp³-hybridized carbons (Fsp3) is 0.440. The van der Waals surface area contributed by atoms with Crippen molar-refractivity contribution < 1.29 is 28.7 Å². The quantitative estimate of drug-likeness (QED) is 0.242. The van der Waals surface area contributed by atoms with Gasteiger partial charge in [-0.1, -0.05) is 13.8 Å². The lowest BCUT2D eigenvalue weighted by Crippen LogP contribution is -2.48. The summed E-state index contributed by atoms with van der Waals surface area (Å²) >= 11 is 0. The third-order valence-corrected chi connectivity index (χ3v) is 5.84. The zero-order chi connectivity index (χ0) is 24.5. The van der Waals surface area contributed by atoms with Crippen LogP contribution in [0.2, 0.25) is 0 Å². The Bertz CT molecular complexity index is 1100. The van der Waals surface area contributed by atoms with E-state index < -0.39 is 16.5 Å². The Balaban J connectivity index is 1.98. The fourth-order valence-electron chi connectivity index (χ4n) is 4.36. The van der Waals surface area contributed by atoms with Crippen LogP contribution in [0.1, 0.15) is 60.7 Å². The molecule has 0 spiro atoms. The molecule has 0 saturated heterocycles. The van der Waals surface area contributed by atoms with E-state index in [0.29, 0.717) is 34.8 Å². The Morgan fingerprint density at radius 1 is 1.15 bits per heavy atom. The van der Waals surface area contributed by atoms with Gasteiger partial charge >= 0.3 is 5.97 Å². The van der Waals surface area contributed by atoms with Gasteiger partial charge in [0.25, 0.3) is 5.69 Å². The lowest BCUT2D eigenvalue weighted by molar-refractivity contribution is -0.384. The number of carbonyl (C=O) groups is 2. The number of esters is 1. The van der Waals surface area contributed by atoms with Gasteiger partial charge in [0.05, 0.1) is 16.9 Å². The van der Waals surface area contributed by atoms with Crippen molar-refractivity contribution in [3.63, 3.8) is 0 Å². The average Bonchev–Trinajstić information content (AvgIpc) is 2.73. The van der Waals surface area contributed by atoms with E-state index in [4.69, 9.17) is 14.2 Å². The van der Waals surface area contributed by atoms with Crippen molar-refractivity contribution in [2.24, 2.45) is 5.92 Å². The summed E-state index contributed by atoms with van der Waals surface area (Å²) in [7, 11) is 0. The third kappa shape index (κ3) is 4.99. The van der Waals surface area contributed by atoms with Gasteiger partial charge in [0.1, 0.15) is 23.9 Å². The molecule has 176 valence electrons. The SMILES string of the molecule is CC(=O)Oc1c(C)c(C)c2c(c1C)C(=O)CC(COc1ccc([N+](=O)[O-])cc1)(CC(C)C)O2. The van der Waals surface area contributed by atoms with Gasteiger partial charge in [-0.15, -0.1) is 0 Å². The van der Waals surface area contributed by atoms with Gasteiger partial charge < -0.3 is 14.2 Å². The smallest absolute Gasteiger partial charge is 0.308 e. The first kappa shape index (κ1) is 24.2. The predicted molar refractivity (Wildman–Crippen MR) is 122 cm³/mol. The summed E-state index contributed by atoms with van der Waals surface area (Å²) < 4.78 is 17.9. The molecule has 0 bridgehead atoms. The molecule has 1 aliphatic rings. The molecule has 1 atom stereocenters. The summed E-state index contributed by atoms with van der Waals surface area (Å²) in [5, 5.41) is 10.9. The Morgan fingerprint density at radius 3 is 2.33 bits per heavy atom. The van der Waals surface area contributed by atoms with Gasteiger partial charge in [-0.2, -0.15) is 0 Å². The van der Waals surface area contributed by atoms with Crippen molar-refractivity contribution in [1.29, 1.82) is 0 Å². The Hall–Kier alpha value is -3.42. The molecule has 3 rings (SSSR count). The van der Waals surface area contributed by atoms with E-state index >= 15 is 0 Å². The molecule has 0 aliphatic carbocycles. The van der Waals surface area contributed by atoms with Gasteiger partial charge in [-0.25, -0.2) is 0 Å². The van der Waals surface area contributed by atoms with Crippen LogP contribution in [0.15, 0.2) is 24.3 Å². The van der Waals surface area contributed by atoms with Gasteiger partial charge in [0.15, 0.2) is 11.4 Å². The number of carbonyl (C=O) groups excluding carboxylic acids is 2. The van der Waals surface area contributed by atoms with Crippen molar-refractivity contribution in [2.45, 2.75) is 60.0 Å². The summed E-state index contributed by atoms with van der Waals surface area (Å²) in [5.74, 6) is 1.02. The monoisotopic (exact) mass is 455 g/mol. The van der Waals surface area contributed by atoms with Gasteiger partial charge in [-0.05, 0) is 56.4 Å². The number of ketones is 1. The van der Waals surface area contributed by atoms with Gasteiger partial charge in [0, 0.05) is 24.6 Å². The number of hydrogen-bond acceptors (Lipinski definition) is 7. The molecule has 2 aromatic rings. The second-order valence-corrected chi connectivity index (χ2v) is 9.02. The topological polar surface area (TPSA) is 105 Å². The highest BCUT2D eigenvalue weighted by Gasteiger charge is 2.44. The number of nitro groups is 1. The molecule has 0 aromatic heterocycles. The maximum atomic E-state index is 13.4. The first-order chi connectivity index (χ1) is 15.4. The molecule has 0 fully saturated rings. The zero-order valence-corrected chi connectivity index (χ0v) is 19.8. The Kier molecular flexibility index (Phi) is 6.76. The first-order valence-corrected chi connectivity index (χ1v) is 10.9. The summed E-state index contributed by atoms with van der Waals surface area (Å²) in [6.45, 7) is 11.0. The number of Topliss-reactive ketones (excluding diaryl/α,β-unsaturated/α-hetero) is 1. The van der Waals surface area contributed by atoms with Crippen LogP contribution in [-0.4, -0.2) is 28.9 Å². The summed E-state index contributed by atoms with van der Waals surface area (Å²) in [4.78, 5) is 35.4. The molecular formula is C25H29NO7. The van der Waals surface area contributed by atoms with Crippen LogP contribution in [-0.2, 0) is 4.79 Å². The molecular weight excluding hydrogens is 426 g/mol. The third-order valence-electron chi connectivity index (χ3n) is 5.84. The van der Waals surface area contributed by atoms with Crippen molar-refractivity contribution in [2.75, 3.05) is 6.61 Å². The number of fused-ring (bicyclic) bond motifs is 1. The number of hydrogen-bond donors (Lipinski definition) is 0. The molecule has 0 amide bonds. The van der Waals surface area contributed by atoms with Crippen LogP contribution in [0, 0.1) is 36.8 Å². The molecule has 1 unspecified atom stereocenters. The zero-order valence-electron chi connectivity index (χ0n) is 19.8. The van der Waals surface area contributed by atoms with E-state index in [1.54, 1.807) is 6.92 Å². The maximum Gasteiger partial charge on any atom is 0.308 e. The minimum atomic E-state index is -0.896. The number of benzene rings is 2. The second kappa shape index (κ2) is 9.21. The average molecular weight is 456 g/mol. The number of nitrogens with zero attached hydrogens (tertiary/aromatic N) is 1. The van der Waals surface area contributed by atoms with Crippen LogP contribution in [0.5, 0.6) is 17.2 Å². The molecule has 33 heavy (non-hydrogen) atoms. The minimum absolute atomic E-state index is 0.0255. The summed E-state index contributed by atoms with van der Waals surface area (Å²) in [6.07, 6.45) is 0.683. The normalized spacial score (nSPS) is 17.4.